The highest BCUT2D eigenvalue weighted by molar-refractivity contribution is 5.78. The van der Waals surface area contributed by atoms with Crippen molar-refractivity contribution in [1.29, 1.82) is 0 Å². The van der Waals surface area contributed by atoms with Crippen LogP contribution in [0.25, 0.3) is 0 Å². The number of aromatic nitrogens is 1. The summed E-state index contributed by atoms with van der Waals surface area (Å²) in [7, 11) is 0. The topological polar surface area (TPSA) is 45.7 Å². The Labute approximate surface area is 231 Å². The third-order valence-corrected chi connectivity index (χ3v) is 8.32. The molecule has 0 radical (unpaired) electrons. The molecule has 4 rings (SSSR count). The number of hydrogen-bond acceptors (Lipinski definition) is 4. The number of rotatable bonds is 16. The maximum atomic E-state index is 13.6. The minimum Gasteiger partial charge on any atom is -0.494 e. The number of likely N-dealkylation sites (tertiary alicyclic amines) is 1. The lowest BCUT2D eigenvalue weighted by atomic mass is 9.93. The quantitative estimate of drug-likeness (QED) is 0.225. The Morgan fingerprint density at radius 2 is 1.84 bits per heavy atom. The van der Waals surface area contributed by atoms with Crippen LogP contribution in [0.3, 0.4) is 0 Å². The van der Waals surface area contributed by atoms with Crippen molar-refractivity contribution in [2.45, 2.75) is 103 Å². The van der Waals surface area contributed by atoms with Crippen molar-refractivity contribution in [1.82, 2.24) is 14.8 Å². The van der Waals surface area contributed by atoms with Crippen LogP contribution in [0.15, 0.2) is 42.6 Å². The summed E-state index contributed by atoms with van der Waals surface area (Å²) in [6.45, 7) is 10.4. The highest BCUT2D eigenvalue weighted by Crippen LogP contribution is 2.46. The summed E-state index contributed by atoms with van der Waals surface area (Å²) < 4.78 is 6.10. The normalized spacial score (nSPS) is 19.6. The molecule has 1 aromatic carbocycles. The highest BCUT2D eigenvalue weighted by Gasteiger charge is 2.35. The van der Waals surface area contributed by atoms with Gasteiger partial charge in [0.25, 0.3) is 0 Å². The molecule has 0 spiro atoms. The van der Waals surface area contributed by atoms with E-state index in [-0.39, 0.29) is 0 Å². The molecule has 1 aliphatic heterocycles. The number of amides is 1. The van der Waals surface area contributed by atoms with E-state index in [0.717, 1.165) is 69.6 Å². The van der Waals surface area contributed by atoms with Gasteiger partial charge < -0.3 is 9.64 Å². The second-order valence-electron chi connectivity index (χ2n) is 11.3. The number of carbonyl (C=O) groups is 1. The molecule has 208 valence electrons. The molecule has 5 nitrogen and oxygen atoms in total. The highest BCUT2D eigenvalue weighted by atomic mass is 16.5. The Kier molecular flexibility index (Phi) is 11.0. The Morgan fingerprint density at radius 1 is 1.03 bits per heavy atom. The molecule has 2 fully saturated rings. The molecular weight excluding hydrogens is 470 g/mol. The average Bonchev–Trinajstić information content (AvgIpc) is 3.70. The van der Waals surface area contributed by atoms with Gasteiger partial charge in [-0.05, 0) is 93.0 Å². The Bertz CT molecular complexity index is 991. The van der Waals surface area contributed by atoms with Gasteiger partial charge in [-0.15, -0.1) is 0 Å². The zero-order chi connectivity index (χ0) is 26.7. The Hall–Kier alpha value is -2.40. The maximum absolute atomic E-state index is 13.6. The second kappa shape index (κ2) is 14.7. The molecule has 2 heterocycles. The first-order chi connectivity index (χ1) is 18.6. The zero-order valence-electron chi connectivity index (χ0n) is 24.0. The first-order valence-corrected chi connectivity index (χ1v) is 15.3. The number of unbranched alkanes of at least 4 members (excludes halogenated alkanes) is 3. The maximum Gasteiger partial charge on any atom is 0.236 e. The monoisotopic (exact) mass is 519 g/mol. The van der Waals surface area contributed by atoms with Crippen LogP contribution in [0, 0.1) is 0 Å². The fourth-order valence-corrected chi connectivity index (χ4v) is 5.93. The summed E-state index contributed by atoms with van der Waals surface area (Å²) in [5.41, 5.74) is 3.88. The molecule has 0 bridgehead atoms. The number of pyridine rings is 1. The second-order valence-corrected chi connectivity index (χ2v) is 11.3. The van der Waals surface area contributed by atoms with E-state index >= 15 is 0 Å². The van der Waals surface area contributed by atoms with E-state index in [0.29, 0.717) is 36.9 Å². The molecule has 1 saturated heterocycles. The lowest BCUT2D eigenvalue weighted by Gasteiger charge is -2.28. The molecule has 38 heavy (non-hydrogen) atoms. The number of hydrogen-bond donors (Lipinski definition) is 0. The number of benzene rings is 1. The van der Waals surface area contributed by atoms with Crippen molar-refractivity contribution in [2.75, 3.05) is 32.8 Å². The molecular formula is C33H49N3O2. The standard InChI is InChI=1S/C33H49N3O2/c1-4-7-11-21-35(20-8-5-2)33(37)25-36-24-28(22-30(36)17-16-29-12-9-10-19-34-29)27-15-18-31(26-13-14-26)32(23-27)38-6-3/h9-10,12,15,18-19,23,26,28,30H,4-8,11,13-14,16-17,20-22,24-25H2,1-3H3. The van der Waals surface area contributed by atoms with Crippen molar-refractivity contribution < 1.29 is 9.53 Å². The number of aryl methyl sites for hydroxylation is 1. The van der Waals surface area contributed by atoms with E-state index in [9.17, 15) is 4.79 Å². The summed E-state index contributed by atoms with van der Waals surface area (Å²) in [5.74, 6) is 2.48. The lowest BCUT2D eigenvalue weighted by molar-refractivity contribution is -0.132. The third-order valence-electron chi connectivity index (χ3n) is 8.32. The molecule has 0 N–H and O–H groups in total. The Balaban J connectivity index is 1.48. The van der Waals surface area contributed by atoms with E-state index in [4.69, 9.17) is 4.74 Å². The average molecular weight is 520 g/mol. The summed E-state index contributed by atoms with van der Waals surface area (Å²) in [4.78, 5) is 22.8. The Morgan fingerprint density at radius 3 is 2.55 bits per heavy atom. The van der Waals surface area contributed by atoms with Gasteiger partial charge in [0, 0.05) is 37.6 Å². The third kappa shape index (κ3) is 8.05. The number of nitrogens with zero attached hydrogens (tertiary/aromatic N) is 3. The van der Waals surface area contributed by atoms with Gasteiger partial charge in [-0.25, -0.2) is 0 Å². The number of ether oxygens (including phenoxy) is 1. The van der Waals surface area contributed by atoms with Crippen LogP contribution in [0.2, 0.25) is 0 Å². The van der Waals surface area contributed by atoms with Crippen LogP contribution in [0.4, 0.5) is 0 Å². The molecule has 1 aromatic heterocycles. The molecule has 2 atom stereocenters. The van der Waals surface area contributed by atoms with Crippen molar-refractivity contribution in [3.05, 3.63) is 59.4 Å². The van der Waals surface area contributed by atoms with Crippen molar-refractivity contribution in [3.8, 4) is 5.75 Å². The molecule has 5 heteroatoms. The van der Waals surface area contributed by atoms with Crippen LogP contribution in [0.5, 0.6) is 5.75 Å². The van der Waals surface area contributed by atoms with Gasteiger partial charge in [0.1, 0.15) is 5.75 Å². The number of carbonyl (C=O) groups excluding carboxylic acids is 1. The smallest absolute Gasteiger partial charge is 0.236 e. The largest absolute Gasteiger partial charge is 0.494 e. The fraction of sp³-hybridized carbons (Fsp3) is 0.636. The lowest BCUT2D eigenvalue weighted by Crippen LogP contribution is -2.43. The minimum absolute atomic E-state index is 0.303. The first kappa shape index (κ1) is 28.6. The summed E-state index contributed by atoms with van der Waals surface area (Å²) in [6.07, 6.45) is 13.2. The molecule has 2 aromatic rings. The molecule has 2 unspecified atom stereocenters. The van der Waals surface area contributed by atoms with Crippen LogP contribution in [-0.4, -0.2) is 59.5 Å². The van der Waals surface area contributed by atoms with E-state index in [2.05, 4.69) is 65.9 Å². The van der Waals surface area contributed by atoms with E-state index in [1.165, 1.54) is 36.8 Å². The van der Waals surface area contributed by atoms with Crippen LogP contribution >= 0.6 is 0 Å². The minimum atomic E-state index is 0.303. The first-order valence-electron chi connectivity index (χ1n) is 15.3. The summed E-state index contributed by atoms with van der Waals surface area (Å²) in [5, 5.41) is 0. The summed E-state index contributed by atoms with van der Waals surface area (Å²) in [6, 6.07) is 13.5. The van der Waals surface area contributed by atoms with Crippen LogP contribution < -0.4 is 4.74 Å². The van der Waals surface area contributed by atoms with Gasteiger partial charge >= 0.3 is 0 Å². The van der Waals surface area contributed by atoms with Crippen LogP contribution in [0.1, 0.15) is 107 Å². The van der Waals surface area contributed by atoms with Gasteiger partial charge in [-0.3, -0.25) is 14.7 Å². The van der Waals surface area contributed by atoms with Gasteiger partial charge in [-0.1, -0.05) is 51.3 Å². The molecule has 2 aliphatic rings. The summed E-state index contributed by atoms with van der Waals surface area (Å²) >= 11 is 0. The fourth-order valence-electron chi connectivity index (χ4n) is 5.93. The predicted octanol–water partition coefficient (Wildman–Crippen LogP) is 6.97. The predicted molar refractivity (Wildman–Crippen MR) is 156 cm³/mol. The van der Waals surface area contributed by atoms with E-state index in [1.54, 1.807) is 0 Å². The SMILES string of the molecule is CCCCCN(CCCC)C(=O)CN1CC(c2ccc(C3CC3)c(OCC)c2)CC1CCc1ccccn1. The van der Waals surface area contributed by atoms with Gasteiger partial charge in [0.05, 0.1) is 13.2 Å². The van der Waals surface area contributed by atoms with Crippen LogP contribution in [-0.2, 0) is 11.2 Å². The van der Waals surface area contributed by atoms with Gasteiger partial charge in [0.15, 0.2) is 0 Å². The molecule has 1 amide bonds. The zero-order valence-corrected chi connectivity index (χ0v) is 24.0. The van der Waals surface area contributed by atoms with E-state index < -0.39 is 0 Å². The van der Waals surface area contributed by atoms with Gasteiger partial charge in [-0.2, -0.15) is 0 Å². The molecule has 1 aliphatic carbocycles. The molecule has 1 saturated carbocycles. The van der Waals surface area contributed by atoms with Crippen molar-refractivity contribution in [2.24, 2.45) is 0 Å². The van der Waals surface area contributed by atoms with E-state index in [1.807, 2.05) is 12.3 Å². The van der Waals surface area contributed by atoms with Crippen molar-refractivity contribution in [3.63, 3.8) is 0 Å². The van der Waals surface area contributed by atoms with Crippen molar-refractivity contribution >= 4 is 5.91 Å². The van der Waals surface area contributed by atoms with Gasteiger partial charge in [0.2, 0.25) is 5.91 Å².